The number of benzene rings is 5. The maximum absolute atomic E-state index is 15.3. The number of aliphatic carboxylic acids is 1. The van der Waals surface area contributed by atoms with E-state index in [0.717, 1.165) is 0 Å². The molecule has 1 saturated heterocycles. The zero-order valence-electron chi connectivity index (χ0n) is 38.7. The molecule has 0 aliphatic carbocycles. The molecule has 1 fully saturated rings. The summed E-state index contributed by atoms with van der Waals surface area (Å²) in [5.74, 6) is -38.9. The molecule has 5 aromatic carbocycles. The van der Waals surface area contributed by atoms with Crippen molar-refractivity contribution < 1.29 is 152 Å². The minimum Gasteiger partial charge on any atom is -0.504 e. The van der Waals surface area contributed by atoms with Crippen molar-refractivity contribution in [3.63, 3.8) is 0 Å². The third kappa shape index (κ3) is 8.23. The highest BCUT2D eigenvalue weighted by atomic mass is 16.7. The fraction of sp³-hybridized carbons (Fsp3) is 0.208. The van der Waals surface area contributed by atoms with Crippen molar-refractivity contribution >= 4 is 47.8 Å². The van der Waals surface area contributed by atoms with E-state index in [0.29, 0.717) is 36.4 Å². The molecule has 410 valence electrons. The van der Waals surface area contributed by atoms with Crippen LogP contribution in [0.4, 0.5) is 0 Å². The molecular formula is C48H32O31. The molecule has 5 aliphatic rings. The van der Waals surface area contributed by atoms with E-state index in [-0.39, 0.29) is 0 Å². The molecule has 5 aliphatic heterocycles. The number of phenols is 12. The lowest BCUT2D eigenvalue weighted by atomic mass is 9.76. The molecule has 14 N–H and O–H groups in total. The zero-order valence-corrected chi connectivity index (χ0v) is 38.7. The Morgan fingerprint density at radius 1 is 0.506 bits per heavy atom. The summed E-state index contributed by atoms with van der Waals surface area (Å²) < 4.78 is 50.6. The number of ether oxygens (including phenoxy) is 9. The standard InChI is InChI=1S/C48H32O31/c49-15-1-9(2-16(50)27(15)57)41(64)79-48-40-39-36(74-45(68)13(7-22(55)56)24-25-11(44(67)78-40)4-19(53)30(60)37(25)75-47(70)32(24)62)21(72-48)8-71-42(65)10-3-17(51)28(58)31(61)23(10)26-12(43(66)77-39)5-20(54)35-38(26)76-46(69)14-6-18(52)29(59)33(63)34(14)73-35/h1-6,13,21,24,32,36,39-40,48-54,57-63H,7-8H2,(H,55,56). The summed E-state index contributed by atoms with van der Waals surface area (Å²) >= 11 is 0. The number of carboxylic acid groups (broad SMARTS) is 1. The van der Waals surface area contributed by atoms with Gasteiger partial charge < -0.3 is 114 Å². The van der Waals surface area contributed by atoms with E-state index in [1.54, 1.807) is 0 Å². The van der Waals surface area contributed by atoms with Gasteiger partial charge in [-0.2, -0.15) is 0 Å². The second kappa shape index (κ2) is 18.5. The largest absolute Gasteiger partial charge is 0.504 e. The molecule has 5 aromatic rings. The molecule has 0 aromatic heterocycles. The molecule has 31 nitrogen and oxygen atoms in total. The van der Waals surface area contributed by atoms with Crippen molar-refractivity contribution in [3.05, 3.63) is 69.8 Å². The van der Waals surface area contributed by atoms with E-state index in [1.807, 2.05) is 0 Å². The molecule has 79 heavy (non-hydrogen) atoms. The van der Waals surface area contributed by atoms with E-state index < -0.39 is 246 Å². The topological polar surface area (TPSA) is 503 Å². The number of aliphatic hydroxyl groups excluding tert-OH is 1. The van der Waals surface area contributed by atoms with Crippen molar-refractivity contribution in [1.82, 2.24) is 0 Å². The molecule has 0 spiro atoms. The zero-order chi connectivity index (χ0) is 57.1. The second-order valence-electron chi connectivity index (χ2n) is 17.6. The molecule has 10 rings (SSSR count). The van der Waals surface area contributed by atoms with Crippen LogP contribution in [0.3, 0.4) is 0 Å². The van der Waals surface area contributed by atoms with Crippen LogP contribution in [-0.4, -0.2) is 163 Å². The van der Waals surface area contributed by atoms with E-state index in [1.165, 1.54) is 0 Å². The Kier molecular flexibility index (Phi) is 12.1. The minimum absolute atomic E-state index is 0.375. The number of hydrogen-bond acceptors (Lipinski definition) is 30. The van der Waals surface area contributed by atoms with E-state index in [9.17, 15) is 105 Å². The maximum atomic E-state index is 15.3. The molecule has 8 unspecified atom stereocenters. The lowest BCUT2D eigenvalue weighted by molar-refractivity contribution is -0.287. The van der Waals surface area contributed by atoms with Gasteiger partial charge in [0.05, 0.1) is 34.6 Å². The Morgan fingerprint density at radius 3 is 1.75 bits per heavy atom. The molecular weight excluding hydrogens is 1070 g/mol. The van der Waals surface area contributed by atoms with Crippen LogP contribution in [0.5, 0.6) is 92.0 Å². The number of esters is 7. The van der Waals surface area contributed by atoms with Gasteiger partial charge >= 0.3 is 47.8 Å². The Balaban J connectivity index is 1.23. The number of carbonyl (C=O) groups excluding carboxylic acids is 7. The maximum Gasteiger partial charge on any atom is 0.347 e. The summed E-state index contributed by atoms with van der Waals surface area (Å²) in [6.45, 7) is -1.39. The third-order valence-electron chi connectivity index (χ3n) is 13.0. The number of aliphatic hydroxyl groups is 1. The van der Waals surface area contributed by atoms with Crippen LogP contribution >= 0.6 is 0 Å². The predicted octanol–water partition coefficient (Wildman–Crippen LogP) is 1.03. The molecule has 4 bridgehead atoms. The first-order valence-corrected chi connectivity index (χ1v) is 22.2. The van der Waals surface area contributed by atoms with Gasteiger partial charge in [0.2, 0.25) is 41.1 Å². The molecule has 31 heteroatoms. The number of phenolic OH excluding ortho intramolecular Hbond substituents is 12. The Bertz CT molecular complexity index is 3590. The quantitative estimate of drug-likeness (QED) is 0.0517. The third-order valence-corrected chi connectivity index (χ3v) is 13.0. The van der Waals surface area contributed by atoms with Gasteiger partial charge in [-0.05, 0) is 30.3 Å². The molecule has 8 atom stereocenters. The number of fused-ring (bicyclic) bond motifs is 6. The van der Waals surface area contributed by atoms with E-state index in [2.05, 4.69) is 0 Å². The predicted molar refractivity (Wildman–Crippen MR) is 239 cm³/mol. The number of carbonyl (C=O) groups is 8. The van der Waals surface area contributed by atoms with Gasteiger partial charge in [0.25, 0.3) is 0 Å². The Hall–Kier alpha value is -10.8. The highest BCUT2D eigenvalue weighted by Gasteiger charge is 2.58. The first-order valence-electron chi connectivity index (χ1n) is 22.2. The molecule has 0 radical (unpaired) electrons. The van der Waals surface area contributed by atoms with Gasteiger partial charge in [0.15, 0.2) is 81.6 Å². The van der Waals surface area contributed by atoms with Crippen molar-refractivity contribution in [1.29, 1.82) is 0 Å². The number of aromatic hydroxyl groups is 12. The summed E-state index contributed by atoms with van der Waals surface area (Å²) in [6, 6.07) is 2.77. The summed E-state index contributed by atoms with van der Waals surface area (Å²) in [6.07, 6.45) is -16.9. The number of carboxylic acids is 1. The lowest BCUT2D eigenvalue weighted by Crippen LogP contribution is -2.63. The van der Waals surface area contributed by atoms with E-state index in [4.69, 9.17) is 42.6 Å². The summed E-state index contributed by atoms with van der Waals surface area (Å²) in [5, 5.41) is 150. The highest BCUT2D eigenvalue weighted by molar-refractivity contribution is 6.10. The van der Waals surface area contributed by atoms with Crippen LogP contribution in [0.1, 0.15) is 69.7 Å². The average molecular weight is 1100 g/mol. The molecule has 0 amide bonds. The molecule has 5 heterocycles. The normalized spacial score (nSPS) is 23.1. The number of rotatable bonds is 4. The SMILES string of the molecule is O=C(O)CC1C(=O)OC2C3COC(=O)c4cc(O)c(O)c(O)c4-c4c(cc(O)c5c4OC(=O)c4cc(O)c(O)c(O)c4O5)C(=O)OC2C(OC(=O)c2cc(O)c(O)c4c2C1C(O)C(=O)O4)C(OC(=O)c1cc(O)c(O)c(O)c1)O3. The number of cyclic esters (lactones) is 1. The van der Waals surface area contributed by atoms with Crippen molar-refractivity contribution in [2.75, 3.05) is 6.61 Å². The lowest BCUT2D eigenvalue weighted by Gasteiger charge is -2.44. The van der Waals surface area contributed by atoms with Crippen LogP contribution in [0.15, 0.2) is 36.4 Å². The van der Waals surface area contributed by atoms with Crippen LogP contribution < -0.4 is 14.2 Å². The van der Waals surface area contributed by atoms with Gasteiger partial charge in [0, 0.05) is 28.7 Å². The van der Waals surface area contributed by atoms with Crippen LogP contribution in [-0.2, 0) is 42.8 Å². The van der Waals surface area contributed by atoms with Crippen LogP contribution in [0, 0.1) is 5.92 Å². The minimum atomic E-state index is -2.68. The summed E-state index contributed by atoms with van der Waals surface area (Å²) in [4.78, 5) is 113. The van der Waals surface area contributed by atoms with Crippen molar-refractivity contribution in [2.24, 2.45) is 5.92 Å². The van der Waals surface area contributed by atoms with Crippen LogP contribution in [0.25, 0.3) is 11.1 Å². The van der Waals surface area contributed by atoms with Gasteiger partial charge in [-0.1, -0.05) is 0 Å². The Labute approximate surface area is 434 Å². The fourth-order valence-corrected chi connectivity index (χ4v) is 9.34. The van der Waals surface area contributed by atoms with Crippen molar-refractivity contribution in [2.45, 2.75) is 49.1 Å². The first kappa shape index (κ1) is 51.7. The summed E-state index contributed by atoms with van der Waals surface area (Å²) in [5.41, 5.74) is -8.37. The van der Waals surface area contributed by atoms with Gasteiger partial charge in [-0.25, -0.2) is 28.8 Å². The van der Waals surface area contributed by atoms with Crippen molar-refractivity contribution in [3.8, 4) is 103 Å². The number of hydrogen-bond donors (Lipinski definition) is 14. The van der Waals surface area contributed by atoms with Gasteiger partial charge in [0.1, 0.15) is 18.3 Å². The summed E-state index contributed by atoms with van der Waals surface area (Å²) in [7, 11) is 0. The second-order valence-corrected chi connectivity index (χ2v) is 17.6. The van der Waals surface area contributed by atoms with Crippen LogP contribution in [0.2, 0.25) is 0 Å². The van der Waals surface area contributed by atoms with Gasteiger partial charge in [-0.15, -0.1) is 0 Å². The van der Waals surface area contributed by atoms with Gasteiger partial charge in [-0.3, -0.25) is 9.59 Å². The monoisotopic (exact) mass is 1100 g/mol. The smallest absolute Gasteiger partial charge is 0.347 e. The first-order chi connectivity index (χ1) is 37.3. The van der Waals surface area contributed by atoms with E-state index >= 15 is 4.79 Å². The Morgan fingerprint density at radius 2 is 1.08 bits per heavy atom. The fourth-order valence-electron chi connectivity index (χ4n) is 9.34. The highest BCUT2D eigenvalue weighted by Crippen LogP contribution is 2.59. The average Bonchev–Trinajstić information content (AvgIpc) is 3.88. The molecule has 0 saturated carbocycles.